The number of nitrogens with one attached hydrogen (secondary N) is 1. The number of hydrogen-bond acceptors (Lipinski definition) is 2. The van der Waals surface area contributed by atoms with E-state index in [1.807, 2.05) is 0 Å². The van der Waals surface area contributed by atoms with Crippen LogP contribution in [0.2, 0.25) is 0 Å². The van der Waals surface area contributed by atoms with Crippen LogP contribution in [0.3, 0.4) is 0 Å². The molecule has 0 heterocycles. The predicted molar refractivity (Wildman–Crippen MR) is 60.5 cm³/mol. The average molecular weight is 247 g/mol. The number of likely N-dealkylation sites (N-methyl/N-ethyl adjacent to an activating group) is 1. The second-order valence-corrected chi connectivity index (χ2v) is 3.88. The van der Waals surface area contributed by atoms with Crippen molar-refractivity contribution in [1.82, 2.24) is 5.32 Å². The van der Waals surface area contributed by atoms with Gasteiger partial charge >= 0.3 is 6.18 Å². The van der Waals surface area contributed by atoms with Crippen LogP contribution >= 0.6 is 0 Å². The zero-order valence-electron chi connectivity index (χ0n) is 10.1. The van der Waals surface area contributed by atoms with Gasteiger partial charge in [-0.15, -0.1) is 0 Å². The van der Waals surface area contributed by atoms with Crippen molar-refractivity contribution in [2.75, 3.05) is 20.7 Å². The summed E-state index contributed by atoms with van der Waals surface area (Å²) >= 11 is 0. The molecule has 2 nitrogen and oxygen atoms in total. The van der Waals surface area contributed by atoms with E-state index in [0.29, 0.717) is 11.3 Å². The van der Waals surface area contributed by atoms with Crippen molar-refractivity contribution in [1.29, 1.82) is 0 Å². The van der Waals surface area contributed by atoms with Crippen molar-refractivity contribution in [3.8, 4) is 5.75 Å². The number of methoxy groups -OCH3 is 1. The second kappa shape index (κ2) is 5.40. The van der Waals surface area contributed by atoms with E-state index in [1.54, 1.807) is 13.0 Å². The molecule has 0 fully saturated rings. The van der Waals surface area contributed by atoms with E-state index >= 15 is 0 Å². The van der Waals surface area contributed by atoms with E-state index in [-0.39, 0.29) is 12.1 Å². The second-order valence-electron chi connectivity index (χ2n) is 3.88. The maximum Gasteiger partial charge on any atom is 0.396 e. The quantitative estimate of drug-likeness (QED) is 0.883. The number of aryl methyl sites for hydroxylation is 1. The van der Waals surface area contributed by atoms with Crippen LogP contribution in [0.15, 0.2) is 18.2 Å². The van der Waals surface area contributed by atoms with Gasteiger partial charge in [0.25, 0.3) is 0 Å². The van der Waals surface area contributed by atoms with Crippen molar-refractivity contribution in [2.24, 2.45) is 0 Å². The number of halogens is 3. The maximum atomic E-state index is 12.8. The van der Waals surface area contributed by atoms with Crippen LogP contribution in [0.1, 0.15) is 17.0 Å². The fourth-order valence-electron chi connectivity index (χ4n) is 1.75. The number of rotatable bonds is 4. The van der Waals surface area contributed by atoms with Crippen LogP contribution in [0.25, 0.3) is 0 Å². The van der Waals surface area contributed by atoms with E-state index < -0.39 is 12.1 Å². The van der Waals surface area contributed by atoms with Gasteiger partial charge in [-0.2, -0.15) is 13.2 Å². The van der Waals surface area contributed by atoms with Gasteiger partial charge in [0.15, 0.2) is 0 Å². The Morgan fingerprint density at radius 1 is 1.35 bits per heavy atom. The largest absolute Gasteiger partial charge is 0.496 e. The highest BCUT2D eigenvalue weighted by Crippen LogP contribution is 2.35. The molecular formula is C12H16F3NO. The smallest absolute Gasteiger partial charge is 0.396 e. The molecule has 0 bridgehead atoms. The van der Waals surface area contributed by atoms with E-state index in [1.165, 1.54) is 26.3 Å². The van der Waals surface area contributed by atoms with Crippen LogP contribution in [0.4, 0.5) is 13.2 Å². The Kier molecular flexibility index (Phi) is 4.40. The molecule has 1 atom stereocenters. The van der Waals surface area contributed by atoms with E-state index in [2.05, 4.69) is 5.32 Å². The number of benzene rings is 1. The molecule has 0 saturated heterocycles. The standard InChI is InChI=1S/C12H16F3NO/c1-8-6-9(4-5-11(8)17-3)10(7-16-2)12(13,14)15/h4-6,10,16H,7H2,1-3H3. The Morgan fingerprint density at radius 2 is 2.00 bits per heavy atom. The van der Waals surface area contributed by atoms with Crippen molar-refractivity contribution >= 4 is 0 Å². The summed E-state index contributed by atoms with van der Waals surface area (Å²) < 4.78 is 43.5. The third-order valence-corrected chi connectivity index (χ3v) is 2.62. The molecule has 1 rings (SSSR count). The first-order chi connectivity index (χ1) is 7.90. The molecular weight excluding hydrogens is 231 g/mol. The Balaban J connectivity index is 3.07. The van der Waals surface area contributed by atoms with Crippen molar-refractivity contribution in [3.05, 3.63) is 29.3 Å². The molecule has 1 aromatic rings. The SMILES string of the molecule is CNCC(c1ccc(OC)c(C)c1)C(F)(F)F. The number of alkyl halides is 3. The molecule has 1 aromatic carbocycles. The van der Waals surface area contributed by atoms with Gasteiger partial charge in [0, 0.05) is 6.54 Å². The fraction of sp³-hybridized carbons (Fsp3) is 0.500. The Hall–Kier alpha value is -1.23. The third kappa shape index (κ3) is 3.36. The first-order valence-electron chi connectivity index (χ1n) is 5.26. The normalized spacial score (nSPS) is 13.5. The lowest BCUT2D eigenvalue weighted by atomic mass is 9.96. The van der Waals surface area contributed by atoms with Gasteiger partial charge in [-0.1, -0.05) is 12.1 Å². The van der Waals surface area contributed by atoms with Gasteiger partial charge in [-0.05, 0) is 31.2 Å². The Bertz CT molecular complexity index is 377. The highest BCUT2D eigenvalue weighted by molar-refractivity contribution is 5.38. The zero-order valence-corrected chi connectivity index (χ0v) is 10.1. The monoisotopic (exact) mass is 247 g/mol. The molecule has 0 aliphatic heterocycles. The van der Waals surface area contributed by atoms with Crippen LogP contribution in [0, 0.1) is 6.92 Å². The maximum absolute atomic E-state index is 12.8. The Labute approximate surface area is 98.8 Å². The van der Waals surface area contributed by atoms with Crippen molar-refractivity contribution in [2.45, 2.75) is 19.0 Å². The third-order valence-electron chi connectivity index (χ3n) is 2.62. The van der Waals surface area contributed by atoms with Crippen molar-refractivity contribution < 1.29 is 17.9 Å². The molecule has 0 spiro atoms. The first-order valence-corrected chi connectivity index (χ1v) is 5.26. The van der Waals surface area contributed by atoms with Gasteiger partial charge in [-0.25, -0.2) is 0 Å². The minimum Gasteiger partial charge on any atom is -0.496 e. The van der Waals surface area contributed by atoms with Gasteiger partial charge in [-0.3, -0.25) is 0 Å². The minimum absolute atomic E-state index is 0.130. The highest BCUT2D eigenvalue weighted by Gasteiger charge is 2.40. The van der Waals surface area contributed by atoms with E-state index in [0.717, 1.165) is 0 Å². The first kappa shape index (κ1) is 13.8. The predicted octanol–water partition coefficient (Wildman–Crippen LogP) is 2.87. The molecule has 0 aromatic heterocycles. The summed E-state index contributed by atoms with van der Waals surface area (Å²) in [6.07, 6.45) is -4.25. The van der Waals surface area contributed by atoms with Gasteiger partial charge in [0.1, 0.15) is 5.75 Å². The highest BCUT2D eigenvalue weighted by atomic mass is 19.4. The van der Waals surface area contributed by atoms with Crippen LogP contribution in [-0.4, -0.2) is 26.9 Å². The number of ether oxygens (including phenoxy) is 1. The average Bonchev–Trinajstić information content (AvgIpc) is 2.24. The van der Waals surface area contributed by atoms with E-state index in [9.17, 15) is 13.2 Å². The summed E-state index contributed by atoms with van der Waals surface area (Å²) in [7, 11) is 3.01. The zero-order chi connectivity index (χ0) is 13.1. The molecule has 0 radical (unpaired) electrons. The van der Waals surface area contributed by atoms with Crippen LogP contribution < -0.4 is 10.1 Å². The molecule has 5 heteroatoms. The van der Waals surface area contributed by atoms with Gasteiger partial charge in [0.2, 0.25) is 0 Å². The van der Waals surface area contributed by atoms with Crippen LogP contribution in [0.5, 0.6) is 5.75 Å². The molecule has 1 N–H and O–H groups in total. The summed E-state index contributed by atoms with van der Waals surface area (Å²) in [5.74, 6) is -0.892. The molecule has 1 unspecified atom stereocenters. The lowest BCUT2D eigenvalue weighted by molar-refractivity contribution is -0.149. The summed E-state index contributed by atoms with van der Waals surface area (Å²) in [4.78, 5) is 0. The Morgan fingerprint density at radius 3 is 2.41 bits per heavy atom. The molecule has 0 amide bonds. The molecule has 0 aliphatic carbocycles. The summed E-state index contributed by atoms with van der Waals surface area (Å²) in [6.45, 7) is 1.60. The molecule has 0 aliphatic rings. The molecule has 0 saturated carbocycles. The van der Waals surface area contributed by atoms with Crippen molar-refractivity contribution in [3.63, 3.8) is 0 Å². The summed E-state index contributed by atoms with van der Waals surface area (Å²) in [5.41, 5.74) is 0.959. The summed E-state index contributed by atoms with van der Waals surface area (Å²) in [6, 6.07) is 4.55. The fourth-order valence-corrected chi connectivity index (χ4v) is 1.75. The molecule has 17 heavy (non-hydrogen) atoms. The lowest BCUT2D eigenvalue weighted by Gasteiger charge is -2.21. The van der Waals surface area contributed by atoms with Gasteiger partial charge in [0.05, 0.1) is 13.0 Å². The summed E-state index contributed by atoms with van der Waals surface area (Å²) in [5, 5.41) is 2.57. The van der Waals surface area contributed by atoms with Gasteiger partial charge < -0.3 is 10.1 Å². The number of hydrogen-bond donors (Lipinski definition) is 1. The van der Waals surface area contributed by atoms with Crippen LogP contribution in [-0.2, 0) is 0 Å². The topological polar surface area (TPSA) is 21.3 Å². The lowest BCUT2D eigenvalue weighted by Crippen LogP contribution is -2.30. The minimum atomic E-state index is -4.25. The molecule has 96 valence electrons. The van der Waals surface area contributed by atoms with E-state index in [4.69, 9.17) is 4.74 Å².